The largest absolute Gasteiger partial charge is 0.419 e. The minimum atomic E-state index is -0.689. The number of hydrogen-bond acceptors (Lipinski definition) is 6. The van der Waals surface area contributed by atoms with E-state index in [2.05, 4.69) is 10.1 Å². The molecule has 0 bridgehead atoms. The smallest absolute Gasteiger partial charge is 0.240 e. The van der Waals surface area contributed by atoms with Crippen molar-refractivity contribution in [1.29, 1.82) is 0 Å². The Morgan fingerprint density at radius 3 is 2.73 bits per heavy atom. The number of primary amides is 1. The standard InChI is InChI=1S/C21H21ClN4O3S/c1-26-18(5-8-25-26)29-19-17(22)12-16(13-24-19)30-15-4-2-3-14(11-15)21(20(23)27)6-9-28-10-7-21/h2-5,8,11-13H,6-7,9-10H2,1H3,(H2,23,27). The minimum absolute atomic E-state index is 0.311. The summed E-state index contributed by atoms with van der Waals surface area (Å²) < 4.78 is 12.7. The van der Waals surface area contributed by atoms with Crippen LogP contribution in [0.2, 0.25) is 5.02 Å². The average molecular weight is 445 g/mol. The third kappa shape index (κ3) is 4.16. The number of carbonyl (C=O) groups is 1. The highest BCUT2D eigenvalue weighted by atomic mass is 35.5. The first-order valence-corrected chi connectivity index (χ1v) is 10.6. The fourth-order valence-electron chi connectivity index (χ4n) is 3.49. The first kappa shape index (κ1) is 20.7. The molecule has 156 valence electrons. The van der Waals surface area contributed by atoms with Crippen LogP contribution in [-0.4, -0.2) is 33.9 Å². The fraction of sp³-hybridized carbons (Fsp3) is 0.286. The van der Waals surface area contributed by atoms with Gasteiger partial charge in [0.25, 0.3) is 0 Å². The van der Waals surface area contributed by atoms with Crippen LogP contribution in [0.5, 0.6) is 11.8 Å². The second kappa shape index (κ2) is 8.67. The molecule has 3 aromatic rings. The van der Waals surface area contributed by atoms with Crippen molar-refractivity contribution in [3.8, 4) is 11.8 Å². The second-order valence-electron chi connectivity index (χ2n) is 7.04. The molecule has 1 fully saturated rings. The molecule has 9 heteroatoms. The first-order valence-electron chi connectivity index (χ1n) is 9.45. The van der Waals surface area contributed by atoms with Gasteiger partial charge in [0.1, 0.15) is 5.02 Å². The molecular formula is C21H21ClN4O3S. The molecule has 1 amide bonds. The van der Waals surface area contributed by atoms with Gasteiger partial charge in [-0.25, -0.2) is 9.67 Å². The predicted molar refractivity (Wildman–Crippen MR) is 114 cm³/mol. The van der Waals surface area contributed by atoms with Gasteiger partial charge in [-0.05, 0) is 36.6 Å². The van der Waals surface area contributed by atoms with E-state index >= 15 is 0 Å². The van der Waals surface area contributed by atoms with Crippen LogP contribution in [0.3, 0.4) is 0 Å². The van der Waals surface area contributed by atoms with E-state index < -0.39 is 5.41 Å². The van der Waals surface area contributed by atoms with Crippen molar-refractivity contribution in [3.05, 3.63) is 59.4 Å². The molecule has 1 aliphatic rings. The van der Waals surface area contributed by atoms with Crippen LogP contribution in [0, 0.1) is 0 Å². The van der Waals surface area contributed by atoms with E-state index in [4.69, 9.17) is 26.8 Å². The number of carbonyl (C=O) groups excluding carboxylic acids is 1. The summed E-state index contributed by atoms with van der Waals surface area (Å²) in [5.41, 5.74) is 6.02. The molecule has 3 heterocycles. The van der Waals surface area contributed by atoms with Gasteiger partial charge in [-0.1, -0.05) is 35.5 Å². The first-order chi connectivity index (χ1) is 14.5. The fourth-order valence-corrected chi connectivity index (χ4v) is 4.65. The summed E-state index contributed by atoms with van der Waals surface area (Å²) in [5.74, 6) is 0.549. The molecule has 1 saturated heterocycles. The van der Waals surface area contributed by atoms with Crippen LogP contribution in [0.25, 0.3) is 0 Å². The van der Waals surface area contributed by atoms with E-state index in [-0.39, 0.29) is 5.91 Å². The van der Waals surface area contributed by atoms with Crippen LogP contribution >= 0.6 is 23.4 Å². The van der Waals surface area contributed by atoms with Gasteiger partial charge in [-0.15, -0.1) is 0 Å². The Kier molecular flexibility index (Phi) is 5.99. The lowest BCUT2D eigenvalue weighted by atomic mass is 9.73. The Morgan fingerprint density at radius 2 is 2.07 bits per heavy atom. The number of benzene rings is 1. The number of amides is 1. The maximum atomic E-state index is 12.3. The van der Waals surface area contributed by atoms with E-state index in [1.165, 1.54) is 11.8 Å². The van der Waals surface area contributed by atoms with Gasteiger partial charge in [0.2, 0.25) is 17.7 Å². The zero-order valence-electron chi connectivity index (χ0n) is 16.4. The molecule has 0 radical (unpaired) electrons. The SMILES string of the molecule is Cn1nccc1Oc1ncc(Sc2cccc(C3(C(N)=O)CCOCC3)c2)cc1Cl. The van der Waals surface area contributed by atoms with E-state index in [1.54, 1.807) is 36.3 Å². The highest BCUT2D eigenvalue weighted by Crippen LogP contribution is 2.38. The maximum Gasteiger partial charge on any atom is 0.240 e. The van der Waals surface area contributed by atoms with Gasteiger partial charge in [0.15, 0.2) is 0 Å². The number of hydrogen-bond donors (Lipinski definition) is 1. The topological polar surface area (TPSA) is 92.3 Å². The number of ether oxygens (including phenoxy) is 2. The molecule has 0 spiro atoms. The van der Waals surface area contributed by atoms with Gasteiger partial charge in [-0.2, -0.15) is 5.10 Å². The molecule has 2 N–H and O–H groups in total. The number of aromatic nitrogens is 3. The van der Waals surface area contributed by atoms with E-state index in [1.807, 2.05) is 24.3 Å². The summed E-state index contributed by atoms with van der Waals surface area (Å²) >= 11 is 7.88. The number of rotatable bonds is 6. The number of halogens is 1. The van der Waals surface area contributed by atoms with Crippen molar-refractivity contribution in [3.63, 3.8) is 0 Å². The molecule has 7 nitrogen and oxygen atoms in total. The van der Waals surface area contributed by atoms with Crippen molar-refractivity contribution in [2.45, 2.75) is 28.0 Å². The Morgan fingerprint density at radius 1 is 1.27 bits per heavy atom. The van der Waals surface area contributed by atoms with Crippen molar-refractivity contribution < 1.29 is 14.3 Å². The summed E-state index contributed by atoms with van der Waals surface area (Å²) in [4.78, 5) is 18.5. The quantitative estimate of drug-likeness (QED) is 0.619. The Labute approximate surface area is 183 Å². The van der Waals surface area contributed by atoms with Crippen LogP contribution in [0.1, 0.15) is 18.4 Å². The van der Waals surface area contributed by atoms with E-state index in [0.717, 1.165) is 15.4 Å². The Bertz CT molecular complexity index is 1070. The lowest BCUT2D eigenvalue weighted by Gasteiger charge is -2.34. The molecule has 0 aliphatic carbocycles. The Hall–Kier alpha value is -2.55. The van der Waals surface area contributed by atoms with Gasteiger partial charge in [0.05, 0.1) is 11.6 Å². The third-order valence-electron chi connectivity index (χ3n) is 5.20. The summed E-state index contributed by atoms with van der Waals surface area (Å²) in [7, 11) is 1.78. The molecule has 1 aromatic carbocycles. The molecule has 0 atom stereocenters. The van der Waals surface area contributed by atoms with Crippen molar-refractivity contribution >= 4 is 29.3 Å². The summed E-state index contributed by atoms with van der Waals surface area (Å²) in [6.07, 6.45) is 4.51. The number of pyridine rings is 1. The van der Waals surface area contributed by atoms with Crippen LogP contribution in [-0.2, 0) is 22.0 Å². The Balaban J connectivity index is 1.55. The molecule has 4 rings (SSSR count). The highest BCUT2D eigenvalue weighted by molar-refractivity contribution is 7.99. The van der Waals surface area contributed by atoms with E-state index in [0.29, 0.717) is 42.8 Å². The summed E-state index contributed by atoms with van der Waals surface area (Å²) in [6, 6.07) is 11.4. The van der Waals surface area contributed by atoms with Crippen LogP contribution in [0.15, 0.2) is 58.6 Å². The lowest BCUT2D eigenvalue weighted by molar-refractivity contribution is -0.127. The normalized spacial score (nSPS) is 15.7. The van der Waals surface area contributed by atoms with Crippen molar-refractivity contribution in [1.82, 2.24) is 14.8 Å². The van der Waals surface area contributed by atoms with Crippen LogP contribution < -0.4 is 10.5 Å². The molecule has 1 aliphatic heterocycles. The lowest BCUT2D eigenvalue weighted by Crippen LogP contribution is -2.45. The second-order valence-corrected chi connectivity index (χ2v) is 8.60. The van der Waals surface area contributed by atoms with E-state index in [9.17, 15) is 4.79 Å². The monoisotopic (exact) mass is 444 g/mol. The van der Waals surface area contributed by atoms with Gasteiger partial charge < -0.3 is 15.2 Å². The molecule has 2 aromatic heterocycles. The van der Waals surface area contributed by atoms with Gasteiger partial charge in [0, 0.05) is 42.3 Å². The number of nitrogens with two attached hydrogens (primary N) is 1. The maximum absolute atomic E-state index is 12.3. The molecule has 30 heavy (non-hydrogen) atoms. The zero-order chi connectivity index (χ0) is 21.1. The number of aryl methyl sites for hydroxylation is 1. The zero-order valence-corrected chi connectivity index (χ0v) is 17.9. The number of nitrogens with zero attached hydrogens (tertiary/aromatic N) is 3. The third-order valence-corrected chi connectivity index (χ3v) is 6.42. The molecular weight excluding hydrogens is 424 g/mol. The molecule has 0 unspecified atom stereocenters. The van der Waals surface area contributed by atoms with Gasteiger partial charge in [-0.3, -0.25) is 4.79 Å². The van der Waals surface area contributed by atoms with Crippen molar-refractivity contribution in [2.24, 2.45) is 12.8 Å². The summed E-state index contributed by atoms with van der Waals surface area (Å²) in [5, 5.41) is 4.45. The minimum Gasteiger partial charge on any atom is -0.419 e. The summed E-state index contributed by atoms with van der Waals surface area (Å²) in [6.45, 7) is 1.05. The van der Waals surface area contributed by atoms with Crippen LogP contribution in [0.4, 0.5) is 0 Å². The van der Waals surface area contributed by atoms with Crippen molar-refractivity contribution in [2.75, 3.05) is 13.2 Å². The molecule has 0 saturated carbocycles. The van der Waals surface area contributed by atoms with Gasteiger partial charge >= 0.3 is 0 Å². The average Bonchev–Trinajstić information content (AvgIpc) is 3.15. The highest BCUT2D eigenvalue weighted by Gasteiger charge is 2.40. The predicted octanol–water partition coefficient (Wildman–Crippen LogP) is 3.95.